The van der Waals surface area contributed by atoms with Gasteiger partial charge in [-0.2, -0.15) is 5.26 Å². The maximum absolute atomic E-state index is 12.1. The number of carbonyl (C=O) groups excluding carboxylic acids is 1. The first-order valence-corrected chi connectivity index (χ1v) is 5.56. The predicted molar refractivity (Wildman–Crippen MR) is 63.1 cm³/mol. The van der Waals surface area contributed by atoms with E-state index in [1.807, 2.05) is 13.8 Å². The van der Waals surface area contributed by atoms with E-state index in [-0.39, 0.29) is 11.8 Å². The zero-order valence-corrected chi connectivity index (χ0v) is 10.3. The van der Waals surface area contributed by atoms with Gasteiger partial charge in [-0.25, -0.2) is 4.98 Å². The highest BCUT2D eigenvalue weighted by atomic mass is 16.2. The molecule has 5 heteroatoms. The van der Waals surface area contributed by atoms with Crippen LogP contribution in [0.25, 0.3) is 0 Å². The van der Waals surface area contributed by atoms with Crippen molar-refractivity contribution in [3.05, 3.63) is 23.8 Å². The van der Waals surface area contributed by atoms with Crippen molar-refractivity contribution in [3.8, 4) is 6.07 Å². The van der Waals surface area contributed by atoms with E-state index in [1.54, 1.807) is 18.0 Å². The summed E-state index contributed by atoms with van der Waals surface area (Å²) >= 11 is 0. The highest BCUT2D eigenvalue weighted by Gasteiger charge is 2.17. The van der Waals surface area contributed by atoms with Gasteiger partial charge in [0, 0.05) is 19.3 Å². The Kier molecular flexibility index (Phi) is 4.58. The minimum absolute atomic E-state index is 0.179. The number of nitrogens with zero attached hydrogens (tertiary/aromatic N) is 4. The Morgan fingerprint density at radius 2 is 2.24 bits per heavy atom. The molecule has 17 heavy (non-hydrogen) atoms. The third kappa shape index (κ3) is 3.52. The summed E-state index contributed by atoms with van der Waals surface area (Å²) in [6.07, 6.45) is 3.03. The first kappa shape index (κ1) is 13.1. The molecule has 1 heterocycles. The molecule has 0 spiro atoms. The molecule has 0 radical (unpaired) electrons. The molecule has 1 aromatic heterocycles. The first-order chi connectivity index (χ1) is 8.08. The van der Waals surface area contributed by atoms with Gasteiger partial charge in [-0.05, 0) is 20.8 Å². The molecule has 0 N–H and O–H groups in total. The molecule has 1 rings (SSSR count). The summed E-state index contributed by atoms with van der Waals surface area (Å²) in [6.45, 7) is 6.46. The lowest BCUT2D eigenvalue weighted by Gasteiger charge is -2.21. The Hall–Kier alpha value is -1.96. The second kappa shape index (κ2) is 5.94. The topological polar surface area (TPSA) is 69.9 Å². The van der Waals surface area contributed by atoms with Crippen molar-refractivity contribution in [3.63, 3.8) is 0 Å². The van der Waals surface area contributed by atoms with Crippen molar-refractivity contribution >= 4 is 5.91 Å². The van der Waals surface area contributed by atoms with Crippen molar-refractivity contribution in [2.24, 2.45) is 5.92 Å². The minimum atomic E-state index is -0.183. The van der Waals surface area contributed by atoms with Gasteiger partial charge in [0.2, 0.25) is 0 Å². The second-order valence-electron chi connectivity index (χ2n) is 3.92. The van der Waals surface area contributed by atoms with Gasteiger partial charge < -0.3 is 4.90 Å². The standard InChI is InChI=1S/C12H16N4O/c1-4-16(8-9(2)5-13)12(17)11-7-14-10(3)6-15-11/h6-7,9H,4,8H2,1-3H3. The van der Waals surface area contributed by atoms with Crippen molar-refractivity contribution in [1.82, 2.24) is 14.9 Å². The lowest BCUT2D eigenvalue weighted by molar-refractivity contribution is 0.0746. The van der Waals surface area contributed by atoms with Crippen molar-refractivity contribution < 1.29 is 4.79 Å². The lowest BCUT2D eigenvalue weighted by Crippen LogP contribution is -2.34. The molecule has 0 fully saturated rings. The number of amides is 1. The largest absolute Gasteiger partial charge is 0.336 e. The highest BCUT2D eigenvalue weighted by molar-refractivity contribution is 5.91. The van der Waals surface area contributed by atoms with Crippen LogP contribution in [-0.4, -0.2) is 33.9 Å². The zero-order chi connectivity index (χ0) is 12.8. The SMILES string of the molecule is CCN(CC(C)C#N)C(=O)c1cnc(C)cn1. The summed E-state index contributed by atoms with van der Waals surface area (Å²) in [6, 6.07) is 2.12. The van der Waals surface area contributed by atoms with Crippen LogP contribution in [0.3, 0.4) is 0 Å². The highest BCUT2D eigenvalue weighted by Crippen LogP contribution is 2.04. The van der Waals surface area contributed by atoms with E-state index >= 15 is 0 Å². The fourth-order valence-electron chi connectivity index (χ4n) is 1.39. The molecule has 0 bridgehead atoms. The molecule has 0 aliphatic carbocycles. The summed E-state index contributed by atoms with van der Waals surface area (Å²) in [5.41, 5.74) is 1.09. The maximum atomic E-state index is 12.1. The maximum Gasteiger partial charge on any atom is 0.274 e. The quantitative estimate of drug-likeness (QED) is 0.787. The van der Waals surface area contributed by atoms with Crippen molar-refractivity contribution in [2.75, 3.05) is 13.1 Å². The van der Waals surface area contributed by atoms with E-state index in [0.717, 1.165) is 5.69 Å². The van der Waals surface area contributed by atoms with E-state index in [9.17, 15) is 4.79 Å². The Morgan fingerprint density at radius 1 is 1.53 bits per heavy atom. The van der Waals surface area contributed by atoms with Crippen LogP contribution in [0.5, 0.6) is 0 Å². The Morgan fingerprint density at radius 3 is 2.71 bits per heavy atom. The molecule has 0 saturated heterocycles. The summed E-state index contributed by atoms with van der Waals surface area (Å²) in [7, 11) is 0. The summed E-state index contributed by atoms with van der Waals surface area (Å²) in [5, 5.41) is 8.75. The van der Waals surface area contributed by atoms with Gasteiger partial charge >= 0.3 is 0 Å². The molecular formula is C12H16N4O. The van der Waals surface area contributed by atoms with Gasteiger partial charge in [-0.15, -0.1) is 0 Å². The Labute approximate surface area is 101 Å². The molecule has 1 aromatic rings. The number of nitriles is 1. The van der Waals surface area contributed by atoms with E-state index in [0.29, 0.717) is 18.8 Å². The van der Waals surface area contributed by atoms with Gasteiger partial charge in [-0.3, -0.25) is 9.78 Å². The van der Waals surface area contributed by atoms with Crippen molar-refractivity contribution in [2.45, 2.75) is 20.8 Å². The molecule has 0 aromatic carbocycles. The van der Waals surface area contributed by atoms with Crippen LogP contribution in [0.15, 0.2) is 12.4 Å². The van der Waals surface area contributed by atoms with Gasteiger partial charge in [0.1, 0.15) is 5.69 Å². The molecule has 0 aliphatic rings. The van der Waals surface area contributed by atoms with Crippen LogP contribution in [0.2, 0.25) is 0 Å². The Balaban J connectivity index is 2.79. The van der Waals surface area contributed by atoms with E-state index in [1.165, 1.54) is 6.20 Å². The third-order valence-electron chi connectivity index (χ3n) is 2.38. The second-order valence-corrected chi connectivity index (χ2v) is 3.92. The normalized spacial score (nSPS) is 11.6. The molecule has 5 nitrogen and oxygen atoms in total. The summed E-state index contributed by atoms with van der Waals surface area (Å²) in [5.74, 6) is -0.362. The van der Waals surface area contributed by atoms with Crippen LogP contribution in [0.1, 0.15) is 30.0 Å². The van der Waals surface area contributed by atoms with Gasteiger partial charge in [0.25, 0.3) is 5.91 Å². The van der Waals surface area contributed by atoms with Gasteiger partial charge in [0.15, 0.2) is 0 Å². The fourth-order valence-corrected chi connectivity index (χ4v) is 1.39. The zero-order valence-electron chi connectivity index (χ0n) is 10.3. The molecular weight excluding hydrogens is 216 g/mol. The smallest absolute Gasteiger partial charge is 0.274 e. The Bertz CT molecular complexity index is 421. The molecule has 0 saturated carbocycles. The van der Waals surface area contributed by atoms with Crippen LogP contribution in [-0.2, 0) is 0 Å². The molecule has 1 unspecified atom stereocenters. The average molecular weight is 232 g/mol. The lowest BCUT2D eigenvalue weighted by atomic mass is 10.2. The number of hydrogen-bond donors (Lipinski definition) is 0. The van der Waals surface area contributed by atoms with Crippen LogP contribution >= 0.6 is 0 Å². The number of carbonyl (C=O) groups is 1. The fraction of sp³-hybridized carbons (Fsp3) is 0.500. The summed E-state index contributed by atoms with van der Waals surface area (Å²) in [4.78, 5) is 21.7. The number of aryl methyl sites for hydroxylation is 1. The monoisotopic (exact) mass is 232 g/mol. The van der Waals surface area contributed by atoms with E-state index in [4.69, 9.17) is 5.26 Å². The van der Waals surface area contributed by atoms with E-state index in [2.05, 4.69) is 16.0 Å². The molecule has 90 valence electrons. The van der Waals surface area contributed by atoms with Crippen LogP contribution < -0.4 is 0 Å². The molecule has 1 amide bonds. The molecule has 0 aliphatic heterocycles. The minimum Gasteiger partial charge on any atom is -0.336 e. The van der Waals surface area contributed by atoms with Gasteiger partial charge in [0.05, 0.1) is 23.9 Å². The number of rotatable bonds is 4. The predicted octanol–water partition coefficient (Wildman–Crippen LogP) is 1.41. The van der Waals surface area contributed by atoms with Crippen LogP contribution in [0.4, 0.5) is 0 Å². The van der Waals surface area contributed by atoms with E-state index < -0.39 is 0 Å². The average Bonchev–Trinajstić information content (AvgIpc) is 2.35. The van der Waals surface area contributed by atoms with Crippen molar-refractivity contribution in [1.29, 1.82) is 5.26 Å². The molecule has 1 atom stereocenters. The number of hydrogen-bond acceptors (Lipinski definition) is 4. The van der Waals surface area contributed by atoms with Crippen LogP contribution in [0, 0.1) is 24.2 Å². The number of aromatic nitrogens is 2. The summed E-state index contributed by atoms with van der Waals surface area (Å²) < 4.78 is 0. The first-order valence-electron chi connectivity index (χ1n) is 5.56. The van der Waals surface area contributed by atoms with Gasteiger partial charge in [-0.1, -0.05) is 0 Å². The third-order valence-corrected chi connectivity index (χ3v) is 2.38.